The van der Waals surface area contributed by atoms with Crippen LogP contribution in [0.4, 0.5) is 17.6 Å². The minimum atomic E-state index is -3.08. The van der Waals surface area contributed by atoms with Gasteiger partial charge in [0.1, 0.15) is 5.69 Å². The van der Waals surface area contributed by atoms with Crippen molar-refractivity contribution < 1.29 is 27.0 Å². The average molecular weight is 408 g/mol. The van der Waals surface area contributed by atoms with Gasteiger partial charge in [0.05, 0.1) is 5.69 Å². The van der Waals surface area contributed by atoms with Gasteiger partial charge in [0, 0.05) is 42.7 Å². The molecule has 10 heteroatoms. The van der Waals surface area contributed by atoms with E-state index in [1.807, 2.05) is 6.07 Å². The number of rotatable bonds is 8. The standard InChI is InChI=1S/C19H16F4N4O2/c20-18(21)28-15-4-3-13(7-11-1-2-14(9-24)26-10-11)27-17(15)12-5-6-25-16(8-12)29-19(22)23/h1-6,8,10,18-19H,7,9,24H2. The van der Waals surface area contributed by atoms with Crippen molar-refractivity contribution in [3.63, 3.8) is 0 Å². The van der Waals surface area contributed by atoms with Crippen molar-refractivity contribution in [3.05, 3.63) is 65.7 Å². The summed E-state index contributed by atoms with van der Waals surface area (Å²) in [5.74, 6) is -0.566. The first-order chi connectivity index (χ1) is 13.9. The predicted molar refractivity (Wildman–Crippen MR) is 95.7 cm³/mol. The summed E-state index contributed by atoms with van der Waals surface area (Å²) in [4.78, 5) is 12.2. The molecule has 3 aromatic rings. The van der Waals surface area contributed by atoms with Crippen LogP contribution < -0.4 is 15.2 Å². The van der Waals surface area contributed by atoms with Gasteiger partial charge < -0.3 is 15.2 Å². The van der Waals surface area contributed by atoms with Gasteiger partial charge in [-0.3, -0.25) is 4.98 Å². The molecule has 0 amide bonds. The van der Waals surface area contributed by atoms with Crippen molar-refractivity contribution >= 4 is 0 Å². The number of alkyl halides is 4. The monoisotopic (exact) mass is 408 g/mol. The Kier molecular flexibility index (Phi) is 6.55. The lowest BCUT2D eigenvalue weighted by molar-refractivity contribution is -0.0528. The molecule has 0 aliphatic rings. The number of ether oxygens (including phenoxy) is 2. The van der Waals surface area contributed by atoms with E-state index in [-0.39, 0.29) is 22.9 Å². The van der Waals surface area contributed by atoms with Crippen LogP contribution in [-0.4, -0.2) is 28.2 Å². The molecule has 152 valence electrons. The lowest BCUT2D eigenvalue weighted by atomic mass is 10.1. The maximum atomic E-state index is 12.8. The molecule has 0 fully saturated rings. The molecule has 6 nitrogen and oxygen atoms in total. The van der Waals surface area contributed by atoms with Gasteiger partial charge in [-0.05, 0) is 29.8 Å². The largest absolute Gasteiger partial charge is 0.432 e. The molecule has 3 aromatic heterocycles. The Bertz CT molecular complexity index is 955. The van der Waals surface area contributed by atoms with Crippen molar-refractivity contribution in [2.24, 2.45) is 5.73 Å². The molecule has 3 heterocycles. The second-order valence-corrected chi connectivity index (χ2v) is 5.83. The zero-order valence-electron chi connectivity index (χ0n) is 14.9. The maximum absolute atomic E-state index is 12.8. The van der Waals surface area contributed by atoms with E-state index in [1.165, 1.54) is 30.5 Å². The number of nitrogens with zero attached hydrogens (tertiary/aromatic N) is 3. The molecule has 0 saturated carbocycles. The van der Waals surface area contributed by atoms with Crippen molar-refractivity contribution in [2.45, 2.75) is 26.2 Å². The van der Waals surface area contributed by atoms with Crippen LogP contribution in [0.2, 0.25) is 0 Å². The zero-order valence-corrected chi connectivity index (χ0v) is 14.9. The highest BCUT2D eigenvalue weighted by Gasteiger charge is 2.16. The van der Waals surface area contributed by atoms with Crippen LogP contribution in [-0.2, 0) is 13.0 Å². The minimum absolute atomic E-state index is 0.0517. The second-order valence-electron chi connectivity index (χ2n) is 5.83. The highest BCUT2D eigenvalue weighted by Crippen LogP contribution is 2.31. The first-order valence-corrected chi connectivity index (χ1v) is 8.44. The number of nitrogens with two attached hydrogens (primary N) is 1. The fourth-order valence-electron chi connectivity index (χ4n) is 2.59. The Morgan fingerprint density at radius 3 is 2.31 bits per heavy atom. The van der Waals surface area contributed by atoms with E-state index in [1.54, 1.807) is 12.3 Å². The van der Waals surface area contributed by atoms with Gasteiger partial charge in [-0.2, -0.15) is 17.6 Å². The zero-order chi connectivity index (χ0) is 20.8. The molecule has 0 spiro atoms. The Labute approximate surface area is 163 Å². The molecule has 0 aliphatic carbocycles. The molecular weight excluding hydrogens is 392 g/mol. The predicted octanol–water partition coefficient (Wildman–Crippen LogP) is 3.79. The van der Waals surface area contributed by atoms with Gasteiger partial charge in [0.25, 0.3) is 0 Å². The second kappa shape index (κ2) is 9.28. The van der Waals surface area contributed by atoms with E-state index in [0.29, 0.717) is 18.7 Å². The topological polar surface area (TPSA) is 83.2 Å². The minimum Gasteiger partial charge on any atom is -0.432 e. The molecule has 29 heavy (non-hydrogen) atoms. The van der Waals surface area contributed by atoms with Gasteiger partial charge >= 0.3 is 13.2 Å². The van der Waals surface area contributed by atoms with Crippen molar-refractivity contribution in [1.82, 2.24) is 15.0 Å². The highest BCUT2D eigenvalue weighted by molar-refractivity contribution is 5.67. The first kappa shape index (κ1) is 20.5. The van der Waals surface area contributed by atoms with E-state index in [2.05, 4.69) is 24.4 Å². The lowest BCUT2D eigenvalue weighted by Crippen LogP contribution is -2.06. The summed E-state index contributed by atoms with van der Waals surface area (Å²) >= 11 is 0. The third-order valence-electron chi connectivity index (χ3n) is 3.83. The molecule has 2 N–H and O–H groups in total. The molecule has 3 rings (SSSR count). The Balaban J connectivity index is 1.95. The van der Waals surface area contributed by atoms with Crippen LogP contribution in [0, 0.1) is 0 Å². The van der Waals surface area contributed by atoms with Crippen LogP contribution >= 0.6 is 0 Å². The van der Waals surface area contributed by atoms with Crippen molar-refractivity contribution in [2.75, 3.05) is 0 Å². The van der Waals surface area contributed by atoms with Gasteiger partial charge in [-0.25, -0.2) is 9.97 Å². The number of pyridine rings is 3. The first-order valence-electron chi connectivity index (χ1n) is 8.44. The highest BCUT2D eigenvalue weighted by atomic mass is 19.3. The van der Waals surface area contributed by atoms with Gasteiger partial charge in [0.15, 0.2) is 5.75 Å². The SMILES string of the molecule is NCc1ccc(Cc2ccc(OC(F)F)c(-c3ccnc(OC(F)F)c3)n2)cn1. The van der Waals surface area contributed by atoms with E-state index in [9.17, 15) is 17.6 Å². The van der Waals surface area contributed by atoms with Crippen molar-refractivity contribution in [1.29, 1.82) is 0 Å². The summed E-state index contributed by atoms with van der Waals surface area (Å²) in [5, 5.41) is 0. The van der Waals surface area contributed by atoms with Gasteiger partial charge in [-0.15, -0.1) is 0 Å². The summed E-state index contributed by atoms with van der Waals surface area (Å²) < 4.78 is 59.3. The Morgan fingerprint density at radius 1 is 0.897 bits per heavy atom. The normalized spacial score (nSPS) is 11.1. The fourth-order valence-corrected chi connectivity index (χ4v) is 2.59. The van der Waals surface area contributed by atoms with Crippen LogP contribution in [0.5, 0.6) is 11.6 Å². The van der Waals surface area contributed by atoms with E-state index < -0.39 is 13.2 Å². The number of hydrogen-bond donors (Lipinski definition) is 1. The van der Waals surface area contributed by atoms with E-state index >= 15 is 0 Å². The quantitative estimate of drug-likeness (QED) is 0.571. The van der Waals surface area contributed by atoms with Gasteiger partial charge in [-0.1, -0.05) is 6.07 Å². The molecule has 0 saturated heterocycles. The molecule has 0 aromatic carbocycles. The summed E-state index contributed by atoms with van der Waals surface area (Å²) in [6.07, 6.45) is 3.22. The molecule has 0 unspecified atom stereocenters. The van der Waals surface area contributed by atoms with E-state index in [0.717, 1.165) is 11.3 Å². The lowest BCUT2D eigenvalue weighted by Gasteiger charge is -2.13. The van der Waals surface area contributed by atoms with Crippen LogP contribution in [0.15, 0.2) is 48.8 Å². The average Bonchev–Trinajstić information content (AvgIpc) is 2.69. The van der Waals surface area contributed by atoms with Crippen molar-refractivity contribution in [3.8, 4) is 22.9 Å². The van der Waals surface area contributed by atoms with Gasteiger partial charge in [0.2, 0.25) is 5.88 Å². The summed E-state index contributed by atoms with van der Waals surface area (Å²) in [5.41, 5.74) is 7.92. The number of aromatic nitrogens is 3. The van der Waals surface area contributed by atoms with Crippen LogP contribution in [0.3, 0.4) is 0 Å². The van der Waals surface area contributed by atoms with E-state index in [4.69, 9.17) is 5.73 Å². The molecule has 0 aliphatic heterocycles. The number of hydrogen-bond acceptors (Lipinski definition) is 6. The molecular formula is C19H16F4N4O2. The molecule has 0 atom stereocenters. The Hall–Kier alpha value is -3.27. The smallest absolute Gasteiger partial charge is 0.388 e. The molecule has 0 bridgehead atoms. The summed E-state index contributed by atoms with van der Waals surface area (Å²) in [6.45, 7) is -5.83. The third kappa shape index (κ3) is 5.61. The summed E-state index contributed by atoms with van der Waals surface area (Å²) in [7, 11) is 0. The van der Waals surface area contributed by atoms with Crippen LogP contribution in [0.25, 0.3) is 11.3 Å². The number of halogens is 4. The third-order valence-corrected chi connectivity index (χ3v) is 3.83. The maximum Gasteiger partial charge on any atom is 0.388 e. The Morgan fingerprint density at radius 2 is 1.66 bits per heavy atom. The molecule has 0 radical (unpaired) electrons. The summed E-state index contributed by atoms with van der Waals surface area (Å²) in [6, 6.07) is 9.10. The van der Waals surface area contributed by atoms with Crippen LogP contribution in [0.1, 0.15) is 17.0 Å². The fraction of sp³-hybridized carbons (Fsp3) is 0.211.